The number of nitrogens with two attached hydrogens (primary N) is 1. The Morgan fingerprint density at radius 3 is 2.47 bits per heavy atom. The van der Waals surface area contributed by atoms with Crippen LogP contribution in [0.15, 0.2) is 12.1 Å². The maximum atomic E-state index is 13.7. The van der Waals surface area contributed by atoms with Crippen molar-refractivity contribution in [3.8, 4) is 0 Å². The lowest BCUT2D eigenvalue weighted by atomic mass is 9.93. The molecule has 0 aliphatic rings. The van der Waals surface area contributed by atoms with Gasteiger partial charge in [0.05, 0.1) is 0 Å². The summed E-state index contributed by atoms with van der Waals surface area (Å²) in [7, 11) is 0. The first-order valence-electron chi connectivity index (χ1n) is 5.53. The zero-order valence-corrected chi connectivity index (χ0v) is 9.81. The maximum Gasteiger partial charge on any atom is 0.126 e. The highest BCUT2D eigenvalue weighted by atomic mass is 19.1. The van der Waals surface area contributed by atoms with Gasteiger partial charge in [-0.05, 0) is 61.9 Å². The average Bonchev–Trinajstić information content (AvgIpc) is 2.20. The van der Waals surface area contributed by atoms with E-state index in [0.717, 1.165) is 29.5 Å². The van der Waals surface area contributed by atoms with Crippen molar-refractivity contribution in [3.63, 3.8) is 0 Å². The van der Waals surface area contributed by atoms with E-state index in [-0.39, 0.29) is 11.7 Å². The average molecular weight is 209 g/mol. The fourth-order valence-electron chi connectivity index (χ4n) is 1.76. The predicted octanol–water partition coefficient (Wildman–Crippen LogP) is 3.28. The molecule has 2 heteroatoms. The van der Waals surface area contributed by atoms with Gasteiger partial charge in [-0.15, -0.1) is 0 Å². The van der Waals surface area contributed by atoms with Gasteiger partial charge in [0.1, 0.15) is 5.82 Å². The standard InChI is InChI=1S/C13H20FN/c1-9(5-4-6-15)12-7-10(2)11(3)8-13(12)14/h7-9H,4-6,15H2,1-3H3. The van der Waals surface area contributed by atoms with Crippen molar-refractivity contribution < 1.29 is 4.39 Å². The van der Waals surface area contributed by atoms with Crippen LogP contribution in [0.2, 0.25) is 0 Å². The van der Waals surface area contributed by atoms with Crippen molar-refractivity contribution in [1.82, 2.24) is 0 Å². The van der Waals surface area contributed by atoms with E-state index in [0.29, 0.717) is 6.54 Å². The molecular formula is C13H20FN. The Bertz CT molecular complexity index is 334. The van der Waals surface area contributed by atoms with Crippen LogP contribution in [-0.4, -0.2) is 6.54 Å². The van der Waals surface area contributed by atoms with Gasteiger partial charge in [0.15, 0.2) is 0 Å². The van der Waals surface area contributed by atoms with Crippen LogP contribution in [0.5, 0.6) is 0 Å². The largest absolute Gasteiger partial charge is 0.330 e. The van der Waals surface area contributed by atoms with Crippen LogP contribution in [0.3, 0.4) is 0 Å². The lowest BCUT2D eigenvalue weighted by molar-refractivity contribution is 0.563. The summed E-state index contributed by atoms with van der Waals surface area (Å²) in [5.74, 6) is 0.176. The second kappa shape index (κ2) is 5.26. The molecule has 0 bridgehead atoms. The first-order valence-corrected chi connectivity index (χ1v) is 5.53. The van der Waals surface area contributed by atoms with Gasteiger partial charge in [-0.25, -0.2) is 4.39 Å². The minimum atomic E-state index is -0.0809. The number of aryl methyl sites for hydroxylation is 2. The van der Waals surface area contributed by atoms with Crippen LogP contribution in [0, 0.1) is 19.7 Å². The molecule has 0 radical (unpaired) electrons. The fourth-order valence-corrected chi connectivity index (χ4v) is 1.76. The minimum Gasteiger partial charge on any atom is -0.330 e. The van der Waals surface area contributed by atoms with E-state index in [4.69, 9.17) is 5.73 Å². The van der Waals surface area contributed by atoms with E-state index >= 15 is 0 Å². The fraction of sp³-hybridized carbons (Fsp3) is 0.538. The van der Waals surface area contributed by atoms with Gasteiger partial charge in [-0.1, -0.05) is 13.0 Å². The zero-order chi connectivity index (χ0) is 11.4. The van der Waals surface area contributed by atoms with E-state index in [9.17, 15) is 4.39 Å². The third kappa shape index (κ3) is 3.03. The molecule has 2 N–H and O–H groups in total. The van der Waals surface area contributed by atoms with Crippen LogP contribution in [0.1, 0.15) is 42.4 Å². The zero-order valence-electron chi connectivity index (χ0n) is 9.81. The molecule has 84 valence electrons. The Hall–Kier alpha value is -0.890. The Morgan fingerprint density at radius 1 is 1.27 bits per heavy atom. The van der Waals surface area contributed by atoms with Gasteiger partial charge in [0.25, 0.3) is 0 Å². The summed E-state index contributed by atoms with van der Waals surface area (Å²) in [5, 5.41) is 0. The molecule has 1 nitrogen and oxygen atoms in total. The van der Waals surface area contributed by atoms with Gasteiger partial charge in [0.2, 0.25) is 0 Å². The van der Waals surface area contributed by atoms with Crippen LogP contribution >= 0.6 is 0 Å². The molecule has 1 aromatic rings. The van der Waals surface area contributed by atoms with Gasteiger partial charge in [-0.2, -0.15) is 0 Å². The van der Waals surface area contributed by atoms with Crippen molar-refractivity contribution in [2.45, 2.75) is 39.5 Å². The second-order valence-corrected chi connectivity index (χ2v) is 4.29. The summed E-state index contributed by atoms with van der Waals surface area (Å²) in [6, 6.07) is 3.59. The smallest absolute Gasteiger partial charge is 0.126 e. The summed E-state index contributed by atoms with van der Waals surface area (Å²) >= 11 is 0. The van der Waals surface area contributed by atoms with E-state index in [1.165, 1.54) is 0 Å². The number of benzene rings is 1. The Balaban J connectivity index is 2.88. The molecule has 0 aliphatic heterocycles. The van der Waals surface area contributed by atoms with Crippen molar-refractivity contribution in [2.24, 2.45) is 5.73 Å². The van der Waals surface area contributed by atoms with Gasteiger partial charge >= 0.3 is 0 Å². The van der Waals surface area contributed by atoms with Crippen LogP contribution in [0.25, 0.3) is 0 Å². The minimum absolute atomic E-state index is 0.0809. The molecule has 1 aromatic carbocycles. The van der Waals surface area contributed by atoms with E-state index in [2.05, 4.69) is 6.92 Å². The van der Waals surface area contributed by atoms with Gasteiger partial charge in [0, 0.05) is 0 Å². The number of hydrogen-bond donors (Lipinski definition) is 1. The molecule has 0 saturated heterocycles. The lowest BCUT2D eigenvalue weighted by Gasteiger charge is -2.14. The summed E-state index contributed by atoms with van der Waals surface area (Å²) in [6.45, 7) is 6.69. The van der Waals surface area contributed by atoms with E-state index in [1.807, 2.05) is 19.9 Å². The third-order valence-corrected chi connectivity index (χ3v) is 2.99. The summed E-state index contributed by atoms with van der Waals surface area (Å²) in [4.78, 5) is 0. The molecule has 0 saturated carbocycles. The quantitative estimate of drug-likeness (QED) is 0.809. The molecule has 1 rings (SSSR count). The molecule has 0 spiro atoms. The Morgan fingerprint density at radius 2 is 1.87 bits per heavy atom. The van der Waals surface area contributed by atoms with Crippen LogP contribution in [-0.2, 0) is 0 Å². The Labute approximate surface area is 91.5 Å². The normalized spacial score (nSPS) is 12.9. The molecule has 0 amide bonds. The van der Waals surface area contributed by atoms with Crippen LogP contribution < -0.4 is 5.73 Å². The van der Waals surface area contributed by atoms with E-state index < -0.39 is 0 Å². The molecule has 15 heavy (non-hydrogen) atoms. The lowest BCUT2D eigenvalue weighted by Crippen LogP contribution is -2.04. The molecular weight excluding hydrogens is 189 g/mol. The summed E-state index contributed by atoms with van der Waals surface area (Å²) in [5.41, 5.74) is 8.45. The number of rotatable bonds is 4. The molecule has 0 aliphatic carbocycles. The maximum absolute atomic E-state index is 13.7. The van der Waals surface area contributed by atoms with Crippen molar-refractivity contribution in [3.05, 3.63) is 34.6 Å². The molecule has 0 aromatic heterocycles. The molecule has 0 fully saturated rings. The van der Waals surface area contributed by atoms with Crippen molar-refractivity contribution in [1.29, 1.82) is 0 Å². The topological polar surface area (TPSA) is 26.0 Å². The van der Waals surface area contributed by atoms with Crippen molar-refractivity contribution in [2.75, 3.05) is 6.54 Å². The molecule has 0 heterocycles. The number of hydrogen-bond acceptors (Lipinski definition) is 1. The monoisotopic (exact) mass is 209 g/mol. The highest BCUT2D eigenvalue weighted by molar-refractivity contribution is 5.33. The predicted molar refractivity (Wildman–Crippen MR) is 62.6 cm³/mol. The van der Waals surface area contributed by atoms with E-state index in [1.54, 1.807) is 6.07 Å². The highest BCUT2D eigenvalue weighted by Crippen LogP contribution is 2.25. The van der Waals surface area contributed by atoms with Crippen LogP contribution in [0.4, 0.5) is 4.39 Å². The number of halogens is 1. The molecule has 1 atom stereocenters. The summed E-state index contributed by atoms with van der Waals surface area (Å²) < 4.78 is 13.7. The second-order valence-electron chi connectivity index (χ2n) is 4.29. The van der Waals surface area contributed by atoms with Gasteiger partial charge < -0.3 is 5.73 Å². The third-order valence-electron chi connectivity index (χ3n) is 2.99. The highest BCUT2D eigenvalue weighted by Gasteiger charge is 2.11. The molecule has 1 unspecified atom stereocenters. The first-order chi connectivity index (χ1) is 7.06. The first kappa shape index (κ1) is 12.2. The van der Waals surface area contributed by atoms with Gasteiger partial charge in [-0.3, -0.25) is 0 Å². The van der Waals surface area contributed by atoms with Crippen molar-refractivity contribution >= 4 is 0 Å². The summed E-state index contributed by atoms with van der Waals surface area (Å²) in [6.07, 6.45) is 1.91. The SMILES string of the molecule is Cc1cc(F)c(C(C)CCCN)cc1C. The Kier molecular flexibility index (Phi) is 4.28.